The molecule has 0 unspecified atom stereocenters. The fourth-order valence-corrected chi connectivity index (χ4v) is 2.81. The number of hydrogen-bond acceptors (Lipinski definition) is 6. The fourth-order valence-electron chi connectivity index (χ4n) is 2.81. The average Bonchev–Trinajstić information content (AvgIpc) is 2.74. The summed E-state index contributed by atoms with van der Waals surface area (Å²) in [5.41, 5.74) is 0.946. The Balaban J connectivity index is 1.56. The SMILES string of the molecule is COc1ccc(CNC(=O)[C@@H](C)OC(=O)Cc2n[nH]c(=O)c3ccccc23)cc1. The van der Waals surface area contributed by atoms with E-state index >= 15 is 0 Å². The predicted octanol–water partition coefficient (Wildman–Crippen LogP) is 1.72. The van der Waals surface area contributed by atoms with E-state index in [2.05, 4.69) is 15.5 Å². The van der Waals surface area contributed by atoms with Gasteiger partial charge in [-0.1, -0.05) is 30.3 Å². The average molecular weight is 395 g/mol. The van der Waals surface area contributed by atoms with Crippen LogP contribution in [-0.4, -0.2) is 35.3 Å². The number of carbonyl (C=O) groups is 2. The predicted molar refractivity (Wildman–Crippen MR) is 106 cm³/mol. The van der Waals surface area contributed by atoms with Crippen LogP contribution < -0.4 is 15.6 Å². The Bertz CT molecular complexity index is 1080. The molecule has 2 aromatic carbocycles. The molecule has 1 atom stereocenters. The van der Waals surface area contributed by atoms with Crippen molar-refractivity contribution >= 4 is 22.6 Å². The van der Waals surface area contributed by atoms with E-state index in [-0.39, 0.29) is 12.0 Å². The highest BCUT2D eigenvalue weighted by Gasteiger charge is 2.19. The first kappa shape index (κ1) is 20.1. The Morgan fingerprint density at radius 3 is 2.48 bits per heavy atom. The van der Waals surface area contributed by atoms with Gasteiger partial charge in [0.2, 0.25) is 0 Å². The maximum Gasteiger partial charge on any atom is 0.312 e. The Morgan fingerprint density at radius 2 is 1.79 bits per heavy atom. The lowest BCUT2D eigenvalue weighted by Crippen LogP contribution is -2.35. The van der Waals surface area contributed by atoms with E-state index in [0.29, 0.717) is 23.0 Å². The Hall–Kier alpha value is -3.68. The van der Waals surface area contributed by atoms with Crippen molar-refractivity contribution in [2.45, 2.75) is 26.0 Å². The number of nitrogens with zero attached hydrogens (tertiary/aromatic N) is 1. The number of rotatable bonds is 7. The molecule has 0 aliphatic carbocycles. The number of ether oxygens (including phenoxy) is 2. The van der Waals surface area contributed by atoms with Gasteiger partial charge >= 0.3 is 5.97 Å². The number of esters is 1. The molecule has 8 heteroatoms. The third kappa shape index (κ3) is 4.98. The Morgan fingerprint density at radius 1 is 1.10 bits per heavy atom. The van der Waals surface area contributed by atoms with Gasteiger partial charge in [0.05, 0.1) is 24.6 Å². The minimum absolute atomic E-state index is 0.159. The van der Waals surface area contributed by atoms with Gasteiger partial charge in [-0.05, 0) is 30.7 Å². The Kier molecular flexibility index (Phi) is 6.23. The van der Waals surface area contributed by atoms with E-state index in [1.807, 2.05) is 12.1 Å². The zero-order valence-corrected chi connectivity index (χ0v) is 16.1. The summed E-state index contributed by atoms with van der Waals surface area (Å²) in [7, 11) is 1.58. The second kappa shape index (κ2) is 9.01. The molecule has 8 nitrogen and oxygen atoms in total. The van der Waals surface area contributed by atoms with Gasteiger partial charge in [-0.2, -0.15) is 5.10 Å². The standard InChI is InChI=1S/C21H21N3O5/c1-13(20(26)22-12-14-7-9-15(28-2)10-8-14)29-19(25)11-18-16-5-3-4-6-17(16)21(27)24-23-18/h3-10,13H,11-12H2,1-2H3,(H,22,26)(H,24,27)/t13-/m1/s1. The summed E-state index contributed by atoms with van der Waals surface area (Å²) in [6.07, 6.45) is -1.12. The number of amides is 1. The number of aromatic amines is 1. The highest BCUT2D eigenvalue weighted by molar-refractivity contribution is 5.88. The van der Waals surface area contributed by atoms with Gasteiger partial charge in [-0.15, -0.1) is 0 Å². The van der Waals surface area contributed by atoms with E-state index in [9.17, 15) is 14.4 Å². The molecular formula is C21H21N3O5. The van der Waals surface area contributed by atoms with E-state index in [0.717, 1.165) is 11.3 Å². The highest BCUT2D eigenvalue weighted by atomic mass is 16.5. The zero-order valence-electron chi connectivity index (χ0n) is 16.1. The number of fused-ring (bicyclic) bond motifs is 1. The lowest BCUT2D eigenvalue weighted by atomic mass is 10.1. The lowest BCUT2D eigenvalue weighted by Gasteiger charge is -2.14. The smallest absolute Gasteiger partial charge is 0.312 e. The summed E-state index contributed by atoms with van der Waals surface area (Å²) in [5.74, 6) is -0.291. The van der Waals surface area contributed by atoms with Gasteiger partial charge in [-0.3, -0.25) is 14.4 Å². The van der Waals surface area contributed by atoms with Crippen LogP contribution in [0.3, 0.4) is 0 Å². The van der Waals surface area contributed by atoms with E-state index in [4.69, 9.17) is 9.47 Å². The van der Waals surface area contributed by atoms with Gasteiger partial charge in [0.15, 0.2) is 6.10 Å². The Labute approximate surface area is 166 Å². The van der Waals surface area contributed by atoms with Crippen LogP contribution in [0.4, 0.5) is 0 Å². The molecule has 0 spiro atoms. The molecule has 3 aromatic rings. The van der Waals surface area contributed by atoms with Crippen molar-refractivity contribution in [1.29, 1.82) is 0 Å². The van der Waals surface area contributed by atoms with Crippen LogP contribution in [0.2, 0.25) is 0 Å². The van der Waals surface area contributed by atoms with Gasteiger partial charge in [0, 0.05) is 11.9 Å². The summed E-state index contributed by atoms with van der Waals surface area (Å²) in [6.45, 7) is 1.80. The third-order valence-corrected chi connectivity index (χ3v) is 4.39. The van der Waals surface area contributed by atoms with Crippen molar-refractivity contribution in [2.24, 2.45) is 0 Å². The van der Waals surface area contributed by atoms with Crippen molar-refractivity contribution in [1.82, 2.24) is 15.5 Å². The van der Waals surface area contributed by atoms with Crippen molar-refractivity contribution in [3.63, 3.8) is 0 Å². The first-order chi connectivity index (χ1) is 14.0. The first-order valence-corrected chi connectivity index (χ1v) is 9.04. The molecule has 0 radical (unpaired) electrons. The van der Waals surface area contributed by atoms with Crippen molar-refractivity contribution in [2.75, 3.05) is 7.11 Å². The molecule has 1 heterocycles. The van der Waals surface area contributed by atoms with Gasteiger partial charge in [-0.25, -0.2) is 5.10 Å². The van der Waals surface area contributed by atoms with Gasteiger partial charge in [0.25, 0.3) is 11.5 Å². The lowest BCUT2D eigenvalue weighted by molar-refractivity contribution is -0.154. The number of carbonyl (C=O) groups excluding carboxylic acids is 2. The van der Waals surface area contributed by atoms with Crippen molar-refractivity contribution < 1.29 is 19.1 Å². The second-order valence-corrected chi connectivity index (χ2v) is 6.42. The molecular weight excluding hydrogens is 374 g/mol. The molecule has 0 fully saturated rings. The van der Waals surface area contributed by atoms with E-state index in [1.165, 1.54) is 6.92 Å². The summed E-state index contributed by atoms with van der Waals surface area (Å²) in [4.78, 5) is 36.3. The fraction of sp³-hybridized carbons (Fsp3) is 0.238. The number of nitrogens with one attached hydrogen (secondary N) is 2. The number of aromatic nitrogens is 2. The normalized spacial score (nSPS) is 11.7. The van der Waals surface area contributed by atoms with Crippen LogP contribution in [0.5, 0.6) is 5.75 Å². The minimum Gasteiger partial charge on any atom is -0.497 e. The molecule has 1 aromatic heterocycles. The first-order valence-electron chi connectivity index (χ1n) is 9.04. The molecule has 0 bridgehead atoms. The van der Waals surface area contributed by atoms with E-state index < -0.39 is 18.0 Å². The molecule has 0 saturated heterocycles. The summed E-state index contributed by atoms with van der Waals surface area (Å²) < 4.78 is 10.3. The summed E-state index contributed by atoms with van der Waals surface area (Å²) in [6, 6.07) is 14.1. The van der Waals surface area contributed by atoms with Crippen molar-refractivity contribution in [3.05, 3.63) is 70.1 Å². The number of methoxy groups -OCH3 is 1. The number of hydrogen-bond donors (Lipinski definition) is 2. The molecule has 0 aliphatic heterocycles. The molecule has 3 rings (SSSR count). The van der Waals surface area contributed by atoms with Crippen LogP contribution in [-0.2, 0) is 27.3 Å². The quantitative estimate of drug-likeness (QED) is 0.590. The molecule has 29 heavy (non-hydrogen) atoms. The molecule has 2 N–H and O–H groups in total. The van der Waals surface area contributed by atoms with Crippen LogP contribution in [0.25, 0.3) is 10.8 Å². The minimum atomic E-state index is -0.963. The van der Waals surface area contributed by atoms with Gasteiger partial charge < -0.3 is 14.8 Å². The summed E-state index contributed by atoms with van der Waals surface area (Å²) in [5, 5.41) is 10.0. The zero-order chi connectivity index (χ0) is 20.8. The topological polar surface area (TPSA) is 110 Å². The highest BCUT2D eigenvalue weighted by Crippen LogP contribution is 2.14. The molecule has 1 amide bonds. The molecule has 150 valence electrons. The maximum absolute atomic E-state index is 12.3. The molecule has 0 saturated carbocycles. The number of benzene rings is 2. The number of H-pyrrole nitrogens is 1. The third-order valence-electron chi connectivity index (χ3n) is 4.39. The van der Waals surface area contributed by atoms with Crippen molar-refractivity contribution in [3.8, 4) is 5.75 Å². The van der Waals surface area contributed by atoms with Crippen LogP contribution in [0.15, 0.2) is 53.3 Å². The maximum atomic E-state index is 12.3. The summed E-state index contributed by atoms with van der Waals surface area (Å²) >= 11 is 0. The largest absolute Gasteiger partial charge is 0.497 e. The molecule has 0 aliphatic rings. The van der Waals surface area contributed by atoms with Crippen LogP contribution in [0.1, 0.15) is 18.2 Å². The van der Waals surface area contributed by atoms with Gasteiger partial charge in [0.1, 0.15) is 5.75 Å². The van der Waals surface area contributed by atoms with Crippen LogP contribution >= 0.6 is 0 Å². The van der Waals surface area contributed by atoms with Crippen LogP contribution in [0, 0.1) is 0 Å². The van der Waals surface area contributed by atoms with E-state index in [1.54, 1.807) is 43.5 Å². The monoisotopic (exact) mass is 395 g/mol. The second-order valence-electron chi connectivity index (χ2n) is 6.42.